The molecular weight excluding hydrogens is 487 g/mol. The molecule has 0 amide bonds. The second kappa shape index (κ2) is 9.12. The summed E-state index contributed by atoms with van der Waals surface area (Å²) in [6.07, 6.45) is 8.31. The van der Waals surface area contributed by atoms with E-state index in [4.69, 9.17) is 32.7 Å². The highest BCUT2D eigenvalue weighted by Crippen LogP contribution is 2.45. The van der Waals surface area contributed by atoms with Crippen molar-refractivity contribution in [3.8, 4) is 5.69 Å². The molecule has 182 valence electrons. The molecule has 3 heterocycles. The number of fused-ring (bicyclic) bond motifs is 2. The van der Waals surface area contributed by atoms with Gasteiger partial charge in [0.15, 0.2) is 0 Å². The number of methoxy groups -OCH3 is 1. The van der Waals surface area contributed by atoms with Crippen molar-refractivity contribution in [3.63, 3.8) is 0 Å². The fourth-order valence-corrected chi connectivity index (χ4v) is 6.10. The highest BCUT2D eigenvalue weighted by atomic mass is 35.5. The van der Waals surface area contributed by atoms with E-state index in [9.17, 15) is 4.79 Å². The number of nitrogens with zero attached hydrogens (tertiary/aromatic N) is 4. The minimum Gasteiger partial charge on any atom is -0.464 e. The summed E-state index contributed by atoms with van der Waals surface area (Å²) in [5, 5.41) is 5.81. The summed E-state index contributed by atoms with van der Waals surface area (Å²) in [7, 11) is 1.36. The van der Waals surface area contributed by atoms with Crippen LogP contribution in [0.1, 0.15) is 53.3 Å². The molecule has 2 saturated carbocycles. The number of rotatable bonds is 7. The average Bonchev–Trinajstić information content (AvgIpc) is 3.32. The van der Waals surface area contributed by atoms with Crippen LogP contribution >= 0.6 is 23.2 Å². The number of para-hydroxylation sites is 1. The van der Waals surface area contributed by atoms with Gasteiger partial charge in [-0.05, 0) is 61.4 Å². The number of ether oxygens (including phenoxy) is 2. The zero-order valence-corrected chi connectivity index (χ0v) is 20.9. The second-order valence-corrected chi connectivity index (χ2v) is 10.4. The number of pyridine rings is 1. The first kappa shape index (κ1) is 22.8. The van der Waals surface area contributed by atoms with Crippen LogP contribution in [0.5, 0.6) is 0 Å². The maximum atomic E-state index is 11.7. The Hall–Kier alpha value is -2.61. The molecule has 3 fully saturated rings. The normalized spacial score (nSPS) is 23.2. The van der Waals surface area contributed by atoms with Gasteiger partial charge in [0.05, 0.1) is 53.6 Å². The van der Waals surface area contributed by atoms with Crippen molar-refractivity contribution in [2.75, 3.05) is 18.6 Å². The van der Waals surface area contributed by atoms with E-state index in [1.54, 1.807) is 12.3 Å². The summed E-state index contributed by atoms with van der Waals surface area (Å²) in [4.78, 5) is 18.3. The summed E-state index contributed by atoms with van der Waals surface area (Å²) in [6.45, 7) is 1.40. The van der Waals surface area contributed by atoms with E-state index in [0.717, 1.165) is 30.8 Å². The Bertz CT molecular complexity index is 1240. The molecule has 1 saturated heterocycles. The van der Waals surface area contributed by atoms with Gasteiger partial charge in [-0.2, -0.15) is 5.10 Å². The molecule has 0 spiro atoms. The van der Waals surface area contributed by atoms with Crippen molar-refractivity contribution < 1.29 is 14.3 Å². The van der Waals surface area contributed by atoms with Crippen LogP contribution in [0, 0.1) is 5.92 Å². The lowest BCUT2D eigenvalue weighted by Crippen LogP contribution is -2.38. The van der Waals surface area contributed by atoms with Gasteiger partial charge in [-0.25, -0.2) is 14.5 Å². The Morgan fingerprint density at radius 3 is 2.54 bits per heavy atom. The third-order valence-corrected chi connectivity index (χ3v) is 8.06. The van der Waals surface area contributed by atoms with Crippen molar-refractivity contribution in [1.29, 1.82) is 0 Å². The quantitative estimate of drug-likeness (QED) is 0.393. The monoisotopic (exact) mass is 512 g/mol. The van der Waals surface area contributed by atoms with Gasteiger partial charge in [0.2, 0.25) is 0 Å². The van der Waals surface area contributed by atoms with E-state index < -0.39 is 5.97 Å². The first-order chi connectivity index (χ1) is 17.0. The number of aromatic nitrogens is 3. The van der Waals surface area contributed by atoms with Crippen LogP contribution in [0.15, 0.2) is 42.7 Å². The summed E-state index contributed by atoms with van der Waals surface area (Å²) in [5.41, 5.74) is 4.35. The first-order valence-corrected chi connectivity index (χ1v) is 12.7. The maximum Gasteiger partial charge on any atom is 0.356 e. The number of carbonyl (C=O) groups excluding carboxylic acids is 1. The van der Waals surface area contributed by atoms with Crippen LogP contribution in [0.25, 0.3) is 5.69 Å². The van der Waals surface area contributed by atoms with Crippen molar-refractivity contribution in [1.82, 2.24) is 14.8 Å². The predicted octanol–water partition coefficient (Wildman–Crippen LogP) is 5.42. The molecule has 1 aromatic carbocycles. The highest BCUT2D eigenvalue weighted by molar-refractivity contribution is 6.37. The largest absolute Gasteiger partial charge is 0.464 e. The van der Waals surface area contributed by atoms with Crippen molar-refractivity contribution in [3.05, 3.63) is 69.7 Å². The molecule has 2 aromatic heterocycles. The molecule has 1 aliphatic heterocycles. The Kier molecular flexibility index (Phi) is 5.95. The van der Waals surface area contributed by atoms with Gasteiger partial charge < -0.3 is 14.4 Å². The number of carbonyl (C=O) groups is 1. The number of piperidine rings is 1. The zero-order valence-electron chi connectivity index (χ0n) is 19.4. The molecule has 2 bridgehead atoms. The lowest BCUT2D eigenvalue weighted by molar-refractivity contribution is 0.00992. The Morgan fingerprint density at radius 2 is 1.91 bits per heavy atom. The number of anilines is 1. The lowest BCUT2D eigenvalue weighted by atomic mass is 10.1. The molecule has 9 heteroatoms. The molecular formula is C26H26Cl2N4O3. The molecule has 0 unspecified atom stereocenters. The van der Waals surface area contributed by atoms with E-state index in [1.807, 2.05) is 35.1 Å². The number of hydrogen-bond acceptors (Lipinski definition) is 6. The van der Waals surface area contributed by atoms with E-state index in [0.29, 0.717) is 45.9 Å². The predicted molar refractivity (Wildman–Crippen MR) is 134 cm³/mol. The number of hydrogen-bond donors (Lipinski definition) is 0. The van der Waals surface area contributed by atoms with Crippen molar-refractivity contribution in [2.24, 2.45) is 5.92 Å². The fraction of sp³-hybridized carbons (Fsp3) is 0.423. The minimum absolute atomic E-state index is 0.190. The third kappa shape index (κ3) is 4.20. The van der Waals surface area contributed by atoms with Crippen molar-refractivity contribution in [2.45, 2.75) is 50.4 Å². The standard InChI is InChI=1S/C26H26Cl2N4O3/c1-34-26(33)22-8-7-17(11-29-22)31-13-16-9-18(31)10-24(16)35-14-23-19(15-5-6-15)12-30-32(23)25-20(27)3-2-4-21(25)28/h2-4,7-8,11-12,15-16,18,24H,5-6,9-10,13-14H2,1H3/t16-,18-,24+/m0/s1. The van der Waals surface area contributed by atoms with Gasteiger partial charge >= 0.3 is 5.97 Å². The minimum atomic E-state index is -0.421. The Labute approximate surface area is 213 Å². The van der Waals surface area contributed by atoms with Gasteiger partial charge in [-0.3, -0.25) is 0 Å². The zero-order chi connectivity index (χ0) is 24.1. The fourth-order valence-electron chi connectivity index (χ4n) is 5.54. The third-order valence-electron chi connectivity index (χ3n) is 7.45. The smallest absolute Gasteiger partial charge is 0.356 e. The van der Waals surface area contributed by atoms with Gasteiger partial charge in [0.1, 0.15) is 11.4 Å². The topological polar surface area (TPSA) is 69.5 Å². The van der Waals surface area contributed by atoms with Crippen LogP contribution in [0.4, 0.5) is 5.69 Å². The second-order valence-electron chi connectivity index (χ2n) is 9.58. The first-order valence-electron chi connectivity index (χ1n) is 12.0. The molecule has 0 N–H and O–H groups in total. The van der Waals surface area contributed by atoms with Crippen LogP contribution in [0.3, 0.4) is 0 Å². The molecule has 6 rings (SSSR count). The van der Waals surface area contributed by atoms with Crippen LogP contribution < -0.4 is 4.90 Å². The molecule has 0 radical (unpaired) electrons. The van der Waals surface area contributed by atoms with Gasteiger partial charge in [0, 0.05) is 18.5 Å². The van der Waals surface area contributed by atoms with E-state index in [1.165, 1.54) is 25.5 Å². The molecule has 3 aliphatic rings. The van der Waals surface area contributed by atoms with Crippen LogP contribution in [-0.2, 0) is 16.1 Å². The van der Waals surface area contributed by atoms with E-state index in [-0.39, 0.29) is 6.10 Å². The summed E-state index contributed by atoms with van der Waals surface area (Å²) >= 11 is 13.0. The molecule has 7 nitrogen and oxygen atoms in total. The molecule has 3 atom stereocenters. The molecule has 3 aromatic rings. The van der Waals surface area contributed by atoms with Crippen LogP contribution in [-0.4, -0.2) is 46.5 Å². The molecule has 35 heavy (non-hydrogen) atoms. The average molecular weight is 513 g/mol. The maximum absolute atomic E-state index is 11.7. The number of benzene rings is 1. The lowest BCUT2D eigenvalue weighted by Gasteiger charge is -2.33. The molecule has 2 aliphatic carbocycles. The summed E-state index contributed by atoms with van der Waals surface area (Å²) in [6, 6.07) is 9.59. The summed E-state index contributed by atoms with van der Waals surface area (Å²) < 4.78 is 13.2. The van der Waals surface area contributed by atoms with Crippen molar-refractivity contribution >= 4 is 34.9 Å². The Morgan fingerprint density at radius 1 is 1.11 bits per heavy atom. The SMILES string of the molecule is COC(=O)c1ccc(N2C[C@@H]3C[C@H]2C[C@H]3OCc2c(C3CC3)cnn2-c2c(Cl)cccc2Cl)cn1. The van der Waals surface area contributed by atoms with E-state index in [2.05, 4.69) is 15.0 Å². The summed E-state index contributed by atoms with van der Waals surface area (Å²) in [5.74, 6) is 0.570. The van der Waals surface area contributed by atoms with Gasteiger partial charge in [0.25, 0.3) is 0 Å². The highest BCUT2D eigenvalue weighted by Gasteiger charge is 2.45. The number of esters is 1. The van der Waals surface area contributed by atoms with Gasteiger partial charge in [-0.1, -0.05) is 29.3 Å². The Balaban J connectivity index is 1.16. The van der Waals surface area contributed by atoms with Gasteiger partial charge in [-0.15, -0.1) is 0 Å². The van der Waals surface area contributed by atoms with Crippen LogP contribution in [0.2, 0.25) is 10.0 Å². The van der Waals surface area contributed by atoms with E-state index >= 15 is 0 Å². The number of halogens is 2.